The highest BCUT2D eigenvalue weighted by Gasteiger charge is 2.19. The van der Waals surface area contributed by atoms with Crippen molar-refractivity contribution in [1.82, 2.24) is 15.4 Å². The average molecular weight is 466 g/mol. The summed E-state index contributed by atoms with van der Waals surface area (Å²) in [5.74, 6) is -0.593. The number of hydrogen-bond acceptors (Lipinski definition) is 8. The number of amides is 3. The first-order valence-electron chi connectivity index (χ1n) is 10.7. The molecular formula is C20H39N3O7S. The van der Waals surface area contributed by atoms with Crippen LogP contribution in [0.25, 0.3) is 0 Å². The Balaban J connectivity index is 3.90. The molecule has 1 unspecified atom stereocenters. The number of methoxy groups -OCH3 is 2. The molecular weight excluding hydrogens is 426 g/mol. The molecule has 3 amide bonds. The summed E-state index contributed by atoms with van der Waals surface area (Å²) in [6.07, 6.45) is 3.74. The minimum atomic E-state index is -0.653. The lowest BCUT2D eigenvalue weighted by Crippen LogP contribution is -2.44. The molecule has 0 aliphatic carbocycles. The minimum absolute atomic E-state index is 0.0268. The molecule has 11 heteroatoms. The summed E-state index contributed by atoms with van der Waals surface area (Å²) in [6.45, 7) is 3.57. The van der Waals surface area contributed by atoms with E-state index >= 15 is 0 Å². The number of carbonyl (C=O) groups excluding carboxylic acids is 3. The second-order valence-electron chi connectivity index (χ2n) is 6.86. The maximum absolute atomic E-state index is 12.1. The molecule has 10 nitrogen and oxygen atoms in total. The van der Waals surface area contributed by atoms with Gasteiger partial charge >= 0.3 is 0 Å². The molecule has 0 aliphatic rings. The molecule has 3 N–H and O–H groups in total. The quantitative estimate of drug-likeness (QED) is 0.145. The molecule has 1 atom stereocenters. The number of carbonyl (C=O) groups is 3. The van der Waals surface area contributed by atoms with Crippen LogP contribution in [0.2, 0.25) is 0 Å². The van der Waals surface area contributed by atoms with Crippen LogP contribution < -0.4 is 15.4 Å². The third-order valence-corrected chi connectivity index (χ3v) is 4.47. The maximum Gasteiger partial charge on any atom is 0.252 e. The number of hydrogen-bond donors (Lipinski definition) is 4. The van der Waals surface area contributed by atoms with Gasteiger partial charge in [-0.1, -0.05) is 12.8 Å². The summed E-state index contributed by atoms with van der Waals surface area (Å²) in [6, 6.07) is -0.653. The predicted octanol–water partition coefficient (Wildman–Crippen LogP) is 0.605. The van der Waals surface area contributed by atoms with Crippen molar-refractivity contribution in [1.29, 1.82) is 0 Å². The van der Waals surface area contributed by atoms with E-state index in [1.165, 1.54) is 0 Å². The first-order chi connectivity index (χ1) is 15.0. The number of rotatable bonds is 21. The molecule has 31 heavy (non-hydrogen) atoms. The van der Waals surface area contributed by atoms with Gasteiger partial charge in [-0.2, -0.15) is 0 Å². The number of unbranched alkanes of at least 4 members (excludes halogenated alkanes) is 1. The smallest absolute Gasteiger partial charge is 0.252 e. The zero-order valence-corrected chi connectivity index (χ0v) is 19.7. The van der Waals surface area contributed by atoms with E-state index in [2.05, 4.69) is 28.2 Å². The van der Waals surface area contributed by atoms with Crippen molar-refractivity contribution >= 4 is 30.5 Å². The van der Waals surface area contributed by atoms with Crippen LogP contribution >= 0.6 is 12.8 Å². The summed E-state index contributed by atoms with van der Waals surface area (Å²) in [5.41, 5.74) is 0. The largest absolute Gasteiger partial charge is 0.382 e. The normalized spacial score (nSPS) is 11.7. The first-order valence-corrected chi connectivity index (χ1v) is 11.1. The van der Waals surface area contributed by atoms with Crippen LogP contribution in [0, 0.1) is 0 Å². The Morgan fingerprint density at radius 1 is 0.774 bits per heavy atom. The van der Waals surface area contributed by atoms with E-state index < -0.39 is 6.04 Å². The van der Waals surface area contributed by atoms with Gasteiger partial charge in [0.15, 0.2) is 0 Å². The maximum atomic E-state index is 12.1. The van der Waals surface area contributed by atoms with E-state index in [0.29, 0.717) is 84.7 Å². The number of ether oxygens (including phenoxy) is 4. The monoisotopic (exact) mass is 465 g/mol. The topological polar surface area (TPSA) is 124 Å². The van der Waals surface area contributed by atoms with Crippen molar-refractivity contribution in [2.45, 2.75) is 51.0 Å². The lowest BCUT2D eigenvalue weighted by atomic mass is 10.1. The van der Waals surface area contributed by atoms with E-state index in [4.69, 9.17) is 18.9 Å². The second kappa shape index (κ2) is 21.8. The summed E-state index contributed by atoms with van der Waals surface area (Å²) in [5, 5.41) is 5.57. The molecule has 0 saturated carbocycles. The summed E-state index contributed by atoms with van der Waals surface area (Å²) in [4.78, 5) is 35.8. The van der Waals surface area contributed by atoms with Gasteiger partial charge in [0, 0.05) is 46.8 Å². The Morgan fingerprint density at radius 2 is 1.35 bits per heavy atom. The molecule has 0 spiro atoms. The fraction of sp³-hybridized carbons (Fsp3) is 0.850. The second-order valence-corrected chi connectivity index (χ2v) is 7.08. The van der Waals surface area contributed by atoms with Gasteiger partial charge in [-0.3, -0.25) is 14.4 Å². The van der Waals surface area contributed by atoms with Crippen molar-refractivity contribution in [3.63, 3.8) is 0 Å². The van der Waals surface area contributed by atoms with Gasteiger partial charge < -0.3 is 34.3 Å². The Hall–Kier alpha value is -1.40. The standard InChI is InChI=1S/C20H39N3O7S/c1-27-13-15-29-11-5-8-18(24)21-10-4-3-7-17(20(26)23-31)22-19(25)9-6-12-30-16-14-28-2/h17,31H,3-16H2,1-2H3,(H,21,24)(H,22,25)(H,23,26). The third kappa shape index (κ3) is 19.0. The molecule has 0 aromatic heterocycles. The fourth-order valence-electron chi connectivity index (χ4n) is 2.56. The van der Waals surface area contributed by atoms with Crippen LogP contribution in [-0.2, 0) is 33.3 Å². The first kappa shape index (κ1) is 29.6. The summed E-state index contributed by atoms with van der Waals surface area (Å²) in [7, 11) is 3.21. The van der Waals surface area contributed by atoms with Crippen LogP contribution in [0.4, 0.5) is 0 Å². The van der Waals surface area contributed by atoms with Gasteiger partial charge in [0.1, 0.15) is 6.04 Å². The summed E-state index contributed by atoms with van der Waals surface area (Å²) >= 11 is 3.79. The van der Waals surface area contributed by atoms with E-state index in [1.54, 1.807) is 14.2 Å². The highest BCUT2D eigenvalue weighted by Crippen LogP contribution is 2.03. The van der Waals surface area contributed by atoms with Crippen molar-refractivity contribution in [3.8, 4) is 0 Å². The van der Waals surface area contributed by atoms with Gasteiger partial charge in [0.2, 0.25) is 11.8 Å². The molecule has 0 bridgehead atoms. The van der Waals surface area contributed by atoms with Crippen molar-refractivity contribution in [3.05, 3.63) is 0 Å². The van der Waals surface area contributed by atoms with E-state index in [-0.39, 0.29) is 24.1 Å². The van der Waals surface area contributed by atoms with Gasteiger partial charge in [-0.25, -0.2) is 0 Å². The number of thiol groups is 1. The van der Waals surface area contributed by atoms with Gasteiger partial charge in [-0.05, 0) is 32.1 Å². The molecule has 0 aromatic carbocycles. The Bertz CT molecular complexity index is 484. The van der Waals surface area contributed by atoms with Crippen LogP contribution in [0.3, 0.4) is 0 Å². The van der Waals surface area contributed by atoms with Crippen LogP contribution in [0.1, 0.15) is 44.9 Å². The van der Waals surface area contributed by atoms with Crippen molar-refractivity contribution in [2.75, 3.05) is 60.4 Å². The molecule has 0 saturated heterocycles. The van der Waals surface area contributed by atoms with Crippen molar-refractivity contribution in [2.24, 2.45) is 0 Å². The highest BCUT2D eigenvalue weighted by atomic mass is 32.1. The van der Waals surface area contributed by atoms with E-state index in [0.717, 1.165) is 0 Å². The molecule has 0 aromatic rings. The summed E-state index contributed by atoms with van der Waals surface area (Å²) < 4.78 is 22.6. The van der Waals surface area contributed by atoms with Gasteiger partial charge in [0.05, 0.1) is 26.4 Å². The highest BCUT2D eigenvalue weighted by molar-refractivity contribution is 7.78. The predicted molar refractivity (Wildman–Crippen MR) is 120 cm³/mol. The molecule has 0 rings (SSSR count). The minimum Gasteiger partial charge on any atom is -0.382 e. The zero-order valence-electron chi connectivity index (χ0n) is 18.8. The van der Waals surface area contributed by atoms with Crippen LogP contribution in [0.15, 0.2) is 0 Å². The molecule has 0 fully saturated rings. The van der Waals surface area contributed by atoms with E-state index in [1.807, 2.05) is 0 Å². The molecule has 0 aliphatic heterocycles. The number of nitrogens with one attached hydrogen (secondary N) is 3. The fourth-order valence-corrected chi connectivity index (χ4v) is 2.72. The Kier molecular flexibility index (Phi) is 20.8. The molecule has 182 valence electrons. The molecule has 0 radical (unpaired) electrons. The Morgan fingerprint density at radius 3 is 1.90 bits per heavy atom. The van der Waals surface area contributed by atoms with Crippen molar-refractivity contribution < 1.29 is 33.3 Å². The zero-order chi connectivity index (χ0) is 23.2. The van der Waals surface area contributed by atoms with Gasteiger partial charge in [0.25, 0.3) is 5.91 Å². The Labute approximate surface area is 191 Å². The van der Waals surface area contributed by atoms with Gasteiger partial charge in [-0.15, -0.1) is 0 Å². The van der Waals surface area contributed by atoms with Crippen LogP contribution in [0.5, 0.6) is 0 Å². The lowest BCUT2D eigenvalue weighted by molar-refractivity contribution is -0.128. The third-order valence-electron chi connectivity index (χ3n) is 4.25. The molecule has 0 heterocycles. The van der Waals surface area contributed by atoms with Crippen LogP contribution in [-0.4, -0.2) is 84.2 Å². The average Bonchev–Trinajstić information content (AvgIpc) is 2.76. The van der Waals surface area contributed by atoms with E-state index in [9.17, 15) is 14.4 Å². The SMILES string of the molecule is COCCOCCCC(=O)NCCCCC(NC(=O)CCCOCCOC)C(=O)NS. The lowest BCUT2D eigenvalue weighted by Gasteiger charge is -2.17.